The first-order chi connectivity index (χ1) is 19.2. The van der Waals surface area contributed by atoms with E-state index in [2.05, 4.69) is 43.3 Å². The van der Waals surface area contributed by atoms with Crippen molar-refractivity contribution in [1.29, 1.82) is 0 Å². The Morgan fingerprint density at radius 1 is 0.692 bits per heavy atom. The zero-order valence-corrected chi connectivity index (χ0v) is 23.0. The smallest absolute Gasteiger partial charge is 0.187 e. The number of benzene rings is 3. The molecule has 6 atom stereocenters. The molecular weight excluding hydrogens is 488 g/mol. The fourth-order valence-electron chi connectivity index (χ4n) is 5.58. The summed E-state index contributed by atoms with van der Waals surface area (Å²) in [5.41, 5.74) is 3.41. The molecule has 5 heteroatoms. The SMILES string of the molecule is CC1CCCC(OC2OC(COCc3ccccc3)CC(OCc3ccccc3)C2OCc2ccccc2)C1. The van der Waals surface area contributed by atoms with Crippen LogP contribution in [0.1, 0.15) is 55.7 Å². The van der Waals surface area contributed by atoms with E-state index in [0.717, 1.165) is 29.5 Å². The molecule has 1 saturated carbocycles. The van der Waals surface area contributed by atoms with Crippen molar-refractivity contribution in [2.24, 2.45) is 5.92 Å². The molecule has 5 rings (SSSR count). The average molecular weight is 531 g/mol. The van der Waals surface area contributed by atoms with E-state index in [4.69, 9.17) is 23.7 Å². The number of rotatable bonds is 12. The summed E-state index contributed by atoms with van der Waals surface area (Å²) in [6.07, 6.45) is 4.24. The van der Waals surface area contributed by atoms with Gasteiger partial charge in [-0.25, -0.2) is 0 Å². The van der Waals surface area contributed by atoms with Crippen molar-refractivity contribution in [3.05, 3.63) is 108 Å². The monoisotopic (exact) mass is 530 g/mol. The molecule has 2 aliphatic rings. The molecule has 6 unspecified atom stereocenters. The molecule has 2 fully saturated rings. The van der Waals surface area contributed by atoms with Gasteiger partial charge in [0, 0.05) is 6.42 Å². The standard InChI is InChI=1S/C34H42O5/c1-26-12-11-19-30(20-26)38-34-33(37-24-29-17-9-4-10-18-29)32(36-23-28-15-7-3-8-16-28)21-31(39-34)25-35-22-27-13-5-2-6-14-27/h2-10,13-18,26,30-34H,11-12,19-25H2,1H3. The molecule has 0 radical (unpaired) electrons. The topological polar surface area (TPSA) is 46.2 Å². The summed E-state index contributed by atoms with van der Waals surface area (Å²) in [6, 6.07) is 30.8. The molecule has 0 spiro atoms. The lowest BCUT2D eigenvalue weighted by molar-refractivity contribution is -0.306. The van der Waals surface area contributed by atoms with Crippen molar-refractivity contribution in [1.82, 2.24) is 0 Å². The highest BCUT2D eigenvalue weighted by atomic mass is 16.7. The highest BCUT2D eigenvalue weighted by molar-refractivity contribution is 5.15. The van der Waals surface area contributed by atoms with Crippen LogP contribution in [0.5, 0.6) is 0 Å². The minimum Gasteiger partial charge on any atom is -0.374 e. The minimum atomic E-state index is -0.510. The van der Waals surface area contributed by atoms with Crippen LogP contribution in [0.15, 0.2) is 91.0 Å². The molecule has 0 bridgehead atoms. The first-order valence-corrected chi connectivity index (χ1v) is 14.5. The number of ether oxygens (including phenoxy) is 5. The summed E-state index contributed by atoms with van der Waals surface area (Å²) in [4.78, 5) is 0. The summed E-state index contributed by atoms with van der Waals surface area (Å²) in [5.74, 6) is 0.658. The Hall–Kier alpha value is -2.54. The quantitative estimate of drug-likeness (QED) is 0.250. The van der Waals surface area contributed by atoms with Gasteiger partial charge in [0.05, 0.1) is 44.7 Å². The molecule has 1 aliphatic carbocycles. The lowest BCUT2D eigenvalue weighted by Gasteiger charge is -2.43. The Morgan fingerprint density at radius 3 is 1.90 bits per heavy atom. The molecule has 5 nitrogen and oxygen atoms in total. The van der Waals surface area contributed by atoms with Crippen molar-refractivity contribution >= 4 is 0 Å². The van der Waals surface area contributed by atoms with Gasteiger partial charge in [-0.2, -0.15) is 0 Å². The molecule has 1 saturated heterocycles. The van der Waals surface area contributed by atoms with E-state index in [1.54, 1.807) is 0 Å². The molecule has 0 amide bonds. The van der Waals surface area contributed by atoms with Crippen LogP contribution in [0.3, 0.4) is 0 Å². The van der Waals surface area contributed by atoms with Gasteiger partial charge in [-0.05, 0) is 35.4 Å². The summed E-state index contributed by atoms with van der Waals surface area (Å²) in [6.45, 7) is 4.34. The molecule has 1 heterocycles. The Labute approximate surface area is 233 Å². The van der Waals surface area contributed by atoms with Gasteiger partial charge in [0.15, 0.2) is 6.29 Å². The maximum atomic E-state index is 6.70. The molecule has 0 N–H and O–H groups in total. The van der Waals surface area contributed by atoms with Crippen molar-refractivity contribution in [2.75, 3.05) is 6.61 Å². The lowest BCUT2D eigenvalue weighted by Crippen LogP contribution is -2.54. The highest BCUT2D eigenvalue weighted by Crippen LogP contribution is 2.33. The van der Waals surface area contributed by atoms with Gasteiger partial charge in [-0.15, -0.1) is 0 Å². The van der Waals surface area contributed by atoms with Gasteiger partial charge in [0.25, 0.3) is 0 Å². The van der Waals surface area contributed by atoms with Gasteiger partial charge >= 0.3 is 0 Å². The second-order valence-electron chi connectivity index (χ2n) is 11.0. The van der Waals surface area contributed by atoms with E-state index >= 15 is 0 Å². The van der Waals surface area contributed by atoms with Crippen molar-refractivity contribution in [2.45, 2.75) is 89.6 Å². The third-order valence-corrected chi connectivity index (χ3v) is 7.68. The molecule has 3 aromatic rings. The van der Waals surface area contributed by atoms with Crippen LogP contribution in [-0.4, -0.2) is 37.3 Å². The van der Waals surface area contributed by atoms with Crippen molar-refractivity contribution in [3.63, 3.8) is 0 Å². The van der Waals surface area contributed by atoms with Crippen LogP contribution in [0.4, 0.5) is 0 Å². The van der Waals surface area contributed by atoms with E-state index < -0.39 is 6.29 Å². The van der Waals surface area contributed by atoms with E-state index in [0.29, 0.717) is 38.8 Å². The van der Waals surface area contributed by atoms with E-state index in [1.165, 1.54) is 12.8 Å². The molecule has 1 aliphatic heterocycles. The summed E-state index contributed by atoms with van der Waals surface area (Å²) in [5, 5.41) is 0. The maximum absolute atomic E-state index is 6.70. The van der Waals surface area contributed by atoms with Crippen molar-refractivity contribution < 1.29 is 23.7 Å². The molecule has 3 aromatic carbocycles. The summed E-state index contributed by atoms with van der Waals surface area (Å²) in [7, 11) is 0. The summed E-state index contributed by atoms with van der Waals surface area (Å²) < 4.78 is 32.5. The molecule has 39 heavy (non-hydrogen) atoms. The lowest BCUT2D eigenvalue weighted by atomic mass is 9.88. The second-order valence-corrected chi connectivity index (χ2v) is 11.0. The Bertz CT molecular complexity index is 1080. The van der Waals surface area contributed by atoms with Crippen LogP contribution in [0.25, 0.3) is 0 Å². The first-order valence-electron chi connectivity index (χ1n) is 14.5. The third kappa shape index (κ3) is 8.72. The molecular formula is C34H42O5. The fraction of sp³-hybridized carbons (Fsp3) is 0.471. The number of hydrogen-bond donors (Lipinski definition) is 0. The van der Waals surface area contributed by atoms with Gasteiger partial charge in [0.2, 0.25) is 0 Å². The third-order valence-electron chi connectivity index (χ3n) is 7.68. The minimum absolute atomic E-state index is 0.142. The van der Waals surface area contributed by atoms with Gasteiger partial charge in [0.1, 0.15) is 6.10 Å². The zero-order chi connectivity index (χ0) is 26.7. The van der Waals surface area contributed by atoms with Crippen LogP contribution in [0.2, 0.25) is 0 Å². The highest BCUT2D eigenvalue weighted by Gasteiger charge is 2.42. The maximum Gasteiger partial charge on any atom is 0.187 e. The van der Waals surface area contributed by atoms with Gasteiger partial charge in [-0.3, -0.25) is 0 Å². The predicted octanol–water partition coefficient (Wildman–Crippen LogP) is 7.08. The zero-order valence-electron chi connectivity index (χ0n) is 23.0. The summed E-state index contributed by atoms with van der Waals surface area (Å²) >= 11 is 0. The average Bonchev–Trinajstić information content (AvgIpc) is 2.97. The first kappa shape index (κ1) is 28.0. The predicted molar refractivity (Wildman–Crippen MR) is 152 cm³/mol. The molecule has 208 valence electrons. The van der Waals surface area contributed by atoms with E-state index in [9.17, 15) is 0 Å². The van der Waals surface area contributed by atoms with Gasteiger partial charge < -0.3 is 23.7 Å². The Kier molecular flexibility index (Phi) is 10.6. The van der Waals surface area contributed by atoms with E-state index in [-0.39, 0.29) is 24.4 Å². The second kappa shape index (κ2) is 14.7. The largest absolute Gasteiger partial charge is 0.374 e. The van der Waals surface area contributed by atoms with Crippen molar-refractivity contribution in [3.8, 4) is 0 Å². The van der Waals surface area contributed by atoms with Crippen LogP contribution < -0.4 is 0 Å². The van der Waals surface area contributed by atoms with E-state index in [1.807, 2.05) is 54.6 Å². The van der Waals surface area contributed by atoms with Crippen LogP contribution in [0, 0.1) is 5.92 Å². The molecule has 0 aromatic heterocycles. The Balaban J connectivity index is 1.30. The number of hydrogen-bond acceptors (Lipinski definition) is 5. The normalized spacial score (nSPS) is 27.3. The van der Waals surface area contributed by atoms with Crippen LogP contribution >= 0.6 is 0 Å². The van der Waals surface area contributed by atoms with Gasteiger partial charge in [-0.1, -0.05) is 111 Å². The fourth-order valence-corrected chi connectivity index (χ4v) is 5.58. The van der Waals surface area contributed by atoms with Crippen LogP contribution in [-0.2, 0) is 43.5 Å². The Morgan fingerprint density at radius 2 is 1.28 bits per heavy atom.